The smallest absolute Gasteiger partial charge is 0.254 e. The highest BCUT2D eigenvalue weighted by atomic mass is 16.3. The Bertz CT molecular complexity index is 809. The first-order valence-electron chi connectivity index (χ1n) is 10.2. The fraction of sp³-hybridized carbons (Fsp3) is 0.619. The summed E-state index contributed by atoms with van der Waals surface area (Å²) in [6.07, 6.45) is 8.68. The molecular formula is C21H27N3O2. The van der Waals surface area contributed by atoms with E-state index in [-0.39, 0.29) is 5.91 Å². The molecule has 1 saturated carbocycles. The third-order valence-corrected chi connectivity index (χ3v) is 6.48. The van der Waals surface area contributed by atoms with Gasteiger partial charge in [0, 0.05) is 37.2 Å². The number of amides is 1. The van der Waals surface area contributed by atoms with Crippen molar-refractivity contribution in [2.24, 2.45) is 0 Å². The molecule has 2 saturated heterocycles. The van der Waals surface area contributed by atoms with E-state index in [1.807, 2.05) is 23.1 Å². The molecule has 3 aliphatic rings. The molecule has 1 amide bonds. The maximum Gasteiger partial charge on any atom is 0.254 e. The van der Waals surface area contributed by atoms with Gasteiger partial charge in [0.25, 0.3) is 5.91 Å². The van der Waals surface area contributed by atoms with E-state index < -0.39 is 0 Å². The minimum absolute atomic E-state index is 0.133. The second kappa shape index (κ2) is 6.69. The van der Waals surface area contributed by atoms with Crippen molar-refractivity contribution < 1.29 is 9.21 Å². The number of oxazole rings is 1. The molecule has 1 unspecified atom stereocenters. The second-order valence-electron chi connectivity index (χ2n) is 8.15. The van der Waals surface area contributed by atoms with Gasteiger partial charge in [0.1, 0.15) is 5.52 Å². The van der Waals surface area contributed by atoms with E-state index in [4.69, 9.17) is 9.40 Å². The van der Waals surface area contributed by atoms with Gasteiger partial charge < -0.3 is 9.32 Å². The summed E-state index contributed by atoms with van der Waals surface area (Å²) in [6, 6.07) is 6.32. The minimum atomic E-state index is 0.133. The number of aromatic nitrogens is 1. The molecule has 5 rings (SSSR count). The predicted molar refractivity (Wildman–Crippen MR) is 100 cm³/mol. The number of nitrogens with zero attached hydrogens (tertiary/aromatic N) is 3. The van der Waals surface area contributed by atoms with Gasteiger partial charge in [-0.25, -0.2) is 4.98 Å². The SMILES string of the molecule is O=C(c1ccc2nc(C3CCCCC3)oc2c1)N1CCN2CCCC2C1. The third kappa shape index (κ3) is 2.92. The first kappa shape index (κ1) is 16.3. The standard InChI is InChI=1S/C21H27N3O2/c25-21(24-12-11-23-10-4-7-17(23)14-24)16-8-9-18-19(13-16)26-20(22-18)15-5-2-1-3-6-15/h8-9,13,15,17H,1-7,10-12,14H2. The Kier molecular flexibility index (Phi) is 4.20. The summed E-state index contributed by atoms with van der Waals surface area (Å²) in [6.45, 7) is 3.89. The van der Waals surface area contributed by atoms with E-state index in [2.05, 4.69) is 4.90 Å². The first-order chi connectivity index (χ1) is 12.8. The average molecular weight is 353 g/mol. The molecule has 3 fully saturated rings. The largest absolute Gasteiger partial charge is 0.440 e. The van der Waals surface area contributed by atoms with Gasteiger partial charge in [0.15, 0.2) is 11.5 Å². The van der Waals surface area contributed by atoms with E-state index in [9.17, 15) is 4.79 Å². The van der Waals surface area contributed by atoms with Crippen LogP contribution < -0.4 is 0 Å². The molecule has 1 atom stereocenters. The fourth-order valence-corrected chi connectivity index (χ4v) is 4.96. The number of benzene rings is 1. The Labute approximate surface area is 154 Å². The lowest BCUT2D eigenvalue weighted by Crippen LogP contribution is -2.52. The van der Waals surface area contributed by atoms with Gasteiger partial charge in [0.2, 0.25) is 0 Å². The first-order valence-corrected chi connectivity index (χ1v) is 10.2. The molecule has 3 heterocycles. The molecule has 1 aromatic carbocycles. The zero-order valence-electron chi connectivity index (χ0n) is 15.3. The zero-order valence-corrected chi connectivity index (χ0v) is 15.3. The molecule has 2 aromatic rings. The lowest BCUT2D eigenvalue weighted by Gasteiger charge is -2.37. The van der Waals surface area contributed by atoms with Crippen molar-refractivity contribution in [3.63, 3.8) is 0 Å². The summed E-state index contributed by atoms with van der Waals surface area (Å²) in [5.74, 6) is 1.45. The van der Waals surface area contributed by atoms with Crippen LogP contribution in [0.1, 0.15) is 67.1 Å². The van der Waals surface area contributed by atoms with Crippen molar-refractivity contribution in [1.29, 1.82) is 0 Å². The fourth-order valence-electron chi connectivity index (χ4n) is 4.96. The van der Waals surface area contributed by atoms with Crippen LogP contribution in [0.4, 0.5) is 0 Å². The summed E-state index contributed by atoms with van der Waals surface area (Å²) in [4.78, 5) is 22.2. The van der Waals surface area contributed by atoms with Gasteiger partial charge in [-0.15, -0.1) is 0 Å². The Morgan fingerprint density at radius 1 is 1.04 bits per heavy atom. The predicted octanol–water partition coefficient (Wildman–Crippen LogP) is 3.80. The van der Waals surface area contributed by atoms with Crippen LogP contribution in [0, 0.1) is 0 Å². The maximum absolute atomic E-state index is 13.0. The van der Waals surface area contributed by atoms with Crippen LogP contribution in [-0.4, -0.2) is 52.9 Å². The lowest BCUT2D eigenvalue weighted by atomic mass is 9.89. The van der Waals surface area contributed by atoms with Gasteiger partial charge in [-0.1, -0.05) is 19.3 Å². The van der Waals surface area contributed by atoms with Crippen molar-refractivity contribution in [2.45, 2.75) is 56.9 Å². The molecule has 0 radical (unpaired) electrons. The molecule has 0 N–H and O–H groups in total. The van der Waals surface area contributed by atoms with Crippen LogP contribution in [0.2, 0.25) is 0 Å². The second-order valence-corrected chi connectivity index (χ2v) is 8.15. The molecule has 138 valence electrons. The van der Waals surface area contributed by atoms with Gasteiger partial charge >= 0.3 is 0 Å². The van der Waals surface area contributed by atoms with Crippen molar-refractivity contribution in [3.8, 4) is 0 Å². The van der Waals surface area contributed by atoms with Gasteiger partial charge in [-0.05, 0) is 50.4 Å². The van der Waals surface area contributed by atoms with Crippen molar-refractivity contribution in [3.05, 3.63) is 29.7 Å². The Balaban J connectivity index is 1.36. The number of piperazine rings is 1. The van der Waals surface area contributed by atoms with Gasteiger partial charge in [-0.3, -0.25) is 9.69 Å². The summed E-state index contributed by atoms with van der Waals surface area (Å²) in [5.41, 5.74) is 2.37. The number of carbonyl (C=O) groups is 1. The summed E-state index contributed by atoms with van der Waals surface area (Å²) in [5, 5.41) is 0. The van der Waals surface area contributed by atoms with Crippen LogP contribution >= 0.6 is 0 Å². The van der Waals surface area contributed by atoms with Gasteiger partial charge in [-0.2, -0.15) is 0 Å². The van der Waals surface area contributed by atoms with E-state index in [0.717, 1.165) is 42.2 Å². The van der Waals surface area contributed by atoms with E-state index >= 15 is 0 Å². The minimum Gasteiger partial charge on any atom is -0.440 e. The molecule has 1 aromatic heterocycles. The van der Waals surface area contributed by atoms with Crippen LogP contribution in [-0.2, 0) is 0 Å². The summed E-state index contributed by atoms with van der Waals surface area (Å²) < 4.78 is 6.06. The number of hydrogen-bond donors (Lipinski definition) is 0. The molecular weight excluding hydrogens is 326 g/mol. The monoisotopic (exact) mass is 353 g/mol. The highest BCUT2D eigenvalue weighted by Gasteiger charge is 2.33. The molecule has 5 nitrogen and oxygen atoms in total. The van der Waals surface area contributed by atoms with E-state index in [1.165, 1.54) is 51.5 Å². The van der Waals surface area contributed by atoms with Crippen molar-refractivity contribution >= 4 is 17.0 Å². The van der Waals surface area contributed by atoms with Crippen LogP contribution in [0.5, 0.6) is 0 Å². The molecule has 0 spiro atoms. The normalized spacial score (nSPS) is 24.9. The number of carbonyl (C=O) groups excluding carboxylic acids is 1. The lowest BCUT2D eigenvalue weighted by molar-refractivity contribution is 0.0571. The maximum atomic E-state index is 13.0. The zero-order chi connectivity index (χ0) is 17.5. The molecule has 2 aliphatic heterocycles. The van der Waals surface area contributed by atoms with Crippen LogP contribution in [0.25, 0.3) is 11.1 Å². The molecule has 26 heavy (non-hydrogen) atoms. The van der Waals surface area contributed by atoms with E-state index in [0.29, 0.717) is 12.0 Å². The molecule has 0 bridgehead atoms. The third-order valence-electron chi connectivity index (χ3n) is 6.48. The molecule has 5 heteroatoms. The average Bonchev–Trinajstić information content (AvgIpc) is 3.33. The highest BCUT2D eigenvalue weighted by molar-refractivity contribution is 5.97. The summed E-state index contributed by atoms with van der Waals surface area (Å²) in [7, 11) is 0. The number of rotatable bonds is 2. The summed E-state index contributed by atoms with van der Waals surface area (Å²) >= 11 is 0. The quantitative estimate of drug-likeness (QED) is 0.824. The Hall–Kier alpha value is -1.88. The molecule has 1 aliphatic carbocycles. The topological polar surface area (TPSA) is 49.6 Å². The van der Waals surface area contributed by atoms with Crippen molar-refractivity contribution in [1.82, 2.24) is 14.8 Å². The van der Waals surface area contributed by atoms with Crippen LogP contribution in [0.15, 0.2) is 22.6 Å². The highest BCUT2D eigenvalue weighted by Crippen LogP contribution is 2.34. The Morgan fingerprint density at radius 2 is 1.92 bits per heavy atom. The van der Waals surface area contributed by atoms with Crippen LogP contribution in [0.3, 0.4) is 0 Å². The number of fused-ring (bicyclic) bond motifs is 2. The van der Waals surface area contributed by atoms with Gasteiger partial charge in [0.05, 0.1) is 0 Å². The van der Waals surface area contributed by atoms with E-state index in [1.54, 1.807) is 0 Å². The number of hydrogen-bond acceptors (Lipinski definition) is 4. The van der Waals surface area contributed by atoms with Crippen molar-refractivity contribution in [2.75, 3.05) is 26.2 Å². The Morgan fingerprint density at radius 3 is 2.81 bits per heavy atom.